The van der Waals surface area contributed by atoms with E-state index in [2.05, 4.69) is 15.4 Å². The Morgan fingerprint density at radius 1 is 1.35 bits per heavy atom. The lowest BCUT2D eigenvalue weighted by atomic mass is 10.3. The summed E-state index contributed by atoms with van der Waals surface area (Å²) in [5.41, 5.74) is -1.13. The molecule has 0 aliphatic rings. The molecule has 0 radical (unpaired) electrons. The molecule has 1 amide bonds. The lowest BCUT2D eigenvalue weighted by Crippen LogP contribution is -2.32. The Morgan fingerprint density at radius 3 is 2.57 bits per heavy atom. The van der Waals surface area contributed by atoms with Gasteiger partial charge >= 0.3 is 11.9 Å². The summed E-state index contributed by atoms with van der Waals surface area (Å²) in [6.45, 7) is -0.329. The number of amides is 1. The van der Waals surface area contributed by atoms with E-state index in [1.54, 1.807) is 0 Å². The minimum absolute atomic E-state index is 0.105. The van der Waals surface area contributed by atoms with Crippen molar-refractivity contribution >= 4 is 5.91 Å². The van der Waals surface area contributed by atoms with Gasteiger partial charge in [0.25, 0.3) is 5.91 Å². The molecule has 0 aliphatic carbocycles. The molecule has 0 fully saturated rings. The number of halogens is 3. The average Bonchev–Trinajstić information content (AvgIpc) is 2.76. The van der Waals surface area contributed by atoms with Crippen LogP contribution >= 0.6 is 0 Å². The van der Waals surface area contributed by atoms with Gasteiger partial charge in [0.1, 0.15) is 0 Å². The summed E-state index contributed by atoms with van der Waals surface area (Å²) in [5, 5.41) is 5.62. The van der Waals surface area contributed by atoms with Crippen molar-refractivity contribution in [2.45, 2.75) is 12.7 Å². The smallest absolute Gasteiger partial charge is 0.350 e. The van der Waals surface area contributed by atoms with Crippen LogP contribution in [-0.4, -0.2) is 31.8 Å². The number of H-pyrrole nitrogens is 1. The van der Waals surface area contributed by atoms with E-state index in [4.69, 9.17) is 0 Å². The number of nitrogens with zero attached hydrogens (tertiary/aromatic N) is 3. The van der Waals surface area contributed by atoms with Crippen molar-refractivity contribution in [3.63, 3.8) is 0 Å². The molecule has 2 heterocycles. The summed E-state index contributed by atoms with van der Waals surface area (Å²) in [6.07, 6.45) is -3.54. The van der Waals surface area contributed by atoms with Crippen LogP contribution in [0.2, 0.25) is 0 Å². The molecule has 0 saturated heterocycles. The third-order valence-corrected chi connectivity index (χ3v) is 2.95. The molecule has 0 unspecified atom stereocenters. The highest BCUT2D eigenvalue weighted by Gasteiger charge is 2.37. The fraction of sp³-hybridized carbons (Fsp3) is 0.333. The van der Waals surface area contributed by atoms with Gasteiger partial charge in [0.05, 0.1) is 12.1 Å². The van der Waals surface area contributed by atoms with Gasteiger partial charge in [0, 0.05) is 25.9 Å². The van der Waals surface area contributed by atoms with E-state index in [0.717, 1.165) is 13.1 Å². The standard InChI is InChI=1S/C12H12F3N5O3/c1-19-10(12(13,14)15)18-20(11(19)23)5-4-16-9(22)7-2-3-8(21)17-6-7/h2-3,6H,4-5H2,1H3,(H,16,22)(H,17,21). The Morgan fingerprint density at radius 2 is 2.04 bits per heavy atom. The summed E-state index contributed by atoms with van der Waals surface area (Å²) in [6, 6.07) is 2.45. The van der Waals surface area contributed by atoms with Crippen molar-refractivity contribution in [1.82, 2.24) is 24.6 Å². The second kappa shape index (κ2) is 6.10. The van der Waals surface area contributed by atoms with Crippen molar-refractivity contribution < 1.29 is 18.0 Å². The normalized spacial score (nSPS) is 11.5. The topological polar surface area (TPSA) is 102 Å². The highest BCUT2D eigenvalue weighted by atomic mass is 19.4. The van der Waals surface area contributed by atoms with E-state index in [9.17, 15) is 27.6 Å². The van der Waals surface area contributed by atoms with Crippen LogP contribution in [0.15, 0.2) is 27.9 Å². The number of rotatable bonds is 4. The molecule has 8 nitrogen and oxygen atoms in total. The van der Waals surface area contributed by atoms with E-state index in [1.807, 2.05) is 0 Å². The largest absolute Gasteiger partial charge is 0.451 e. The van der Waals surface area contributed by atoms with E-state index in [0.29, 0.717) is 9.25 Å². The zero-order valence-corrected chi connectivity index (χ0v) is 11.8. The maximum Gasteiger partial charge on any atom is 0.451 e. The van der Waals surface area contributed by atoms with Crippen LogP contribution < -0.4 is 16.6 Å². The summed E-state index contributed by atoms with van der Waals surface area (Å²) in [7, 11) is 0.966. The van der Waals surface area contributed by atoms with Gasteiger partial charge < -0.3 is 10.3 Å². The molecule has 11 heteroatoms. The molecule has 124 valence electrons. The minimum Gasteiger partial charge on any atom is -0.350 e. The predicted octanol–water partition coefficient (Wildman–Crippen LogP) is -0.281. The predicted molar refractivity (Wildman–Crippen MR) is 71.9 cm³/mol. The Kier molecular flexibility index (Phi) is 4.38. The van der Waals surface area contributed by atoms with Gasteiger partial charge in [0.2, 0.25) is 11.4 Å². The number of aromatic amines is 1. The van der Waals surface area contributed by atoms with Gasteiger partial charge in [0.15, 0.2) is 0 Å². The highest BCUT2D eigenvalue weighted by Crippen LogP contribution is 2.25. The van der Waals surface area contributed by atoms with Gasteiger partial charge in [-0.3, -0.25) is 14.2 Å². The van der Waals surface area contributed by atoms with Gasteiger partial charge in [-0.05, 0) is 6.07 Å². The number of hydrogen-bond acceptors (Lipinski definition) is 4. The third kappa shape index (κ3) is 3.67. The van der Waals surface area contributed by atoms with Crippen LogP contribution in [0.3, 0.4) is 0 Å². The average molecular weight is 331 g/mol. The molecule has 2 N–H and O–H groups in total. The molecule has 0 atom stereocenters. The van der Waals surface area contributed by atoms with E-state index in [-0.39, 0.29) is 24.2 Å². The van der Waals surface area contributed by atoms with Crippen LogP contribution in [0.5, 0.6) is 0 Å². The Labute approximate surface area is 126 Å². The molecular formula is C12H12F3N5O3. The van der Waals surface area contributed by atoms with Crippen LogP contribution in [0.4, 0.5) is 13.2 Å². The summed E-state index contributed by atoms with van der Waals surface area (Å²) < 4.78 is 38.8. The van der Waals surface area contributed by atoms with Gasteiger partial charge in [-0.15, -0.1) is 5.10 Å². The molecule has 2 aromatic heterocycles. The number of carbonyl (C=O) groups is 1. The fourth-order valence-electron chi connectivity index (χ4n) is 1.81. The number of hydrogen-bond donors (Lipinski definition) is 2. The molecule has 2 aromatic rings. The number of nitrogens with one attached hydrogen (secondary N) is 2. The van der Waals surface area contributed by atoms with Crippen molar-refractivity contribution in [3.8, 4) is 0 Å². The molecule has 2 rings (SSSR count). The number of pyridine rings is 1. The van der Waals surface area contributed by atoms with Crippen molar-refractivity contribution in [3.05, 3.63) is 50.6 Å². The molecule has 0 bridgehead atoms. The van der Waals surface area contributed by atoms with Crippen molar-refractivity contribution in [2.75, 3.05) is 6.54 Å². The van der Waals surface area contributed by atoms with Gasteiger partial charge in [-0.2, -0.15) is 13.2 Å². The second-order valence-corrected chi connectivity index (χ2v) is 4.58. The minimum atomic E-state index is -4.74. The lowest BCUT2D eigenvalue weighted by Gasteiger charge is -2.04. The third-order valence-electron chi connectivity index (χ3n) is 2.95. The lowest BCUT2D eigenvalue weighted by molar-refractivity contribution is -0.147. The van der Waals surface area contributed by atoms with Crippen LogP contribution in [0.1, 0.15) is 16.2 Å². The van der Waals surface area contributed by atoms with Crippen LogP contribution in [-0.2, 0) is 19.8 Å². The van der Waals surface area contributed by atoms with Gasteiger partial charge in [-0.25, -0.2) is 9.48 Å². The summed E-state index contributed by atoms with van der Waals surface area (Å²) in [5.74, 6) is -1.85. The number of carbonyl (C=O) groups excluding carboxylic acids is 1. The first-order valence-electron chi connectivity index (χ1n) is 6.38. The first-order valence-corrected chi connectivity index (χ1v) is 6.38. The fourth-order valence-corrected chi connectivity index (χ4v) is 1.81. The molecule has 23 heavy (non-hydrogen) atoms. The molecule has 0 spiro atoms. The Balaban J connectivity index is 2.02. The molecule has 0 saturated carbocycles. The second-order valence-electron chi connectivity index (χ2n) is 4.58. The zero-order valence-electron chi connectivity index (χ0n) is 11.8. The monoisotopic (exact) mass is 331 g/mol. The summed E-state index contributed by atoms with van der Waals surface area (Å²) >= 11 is 0. The molecule has 0 aromatic carbocycles. The Bertz CT molecular complexity index is 813. The van der Waals surface area contributed by atoms with Crippen molar-refractivity contribution in [1.29, 1.82) is 0 Å². The first kappa shape index (κ1) is 16.5. The number of aromatic nitrogens is 4. The SMILES string of the molecule is Cn1c(C(F)(F)F)nn(CCNC(=O)c2ccc(=O)[nH]c2)c1=O. The van der Waals surface area contributed by atoms with Gasteiger partial charge in [-0.1, -0.05) is 0 Å². The molecule has 0 aliphatic heterocycles. The molecular weight excluding hydrogens is 319 g/mol. The first-order chi connectivity index (χ1) is 10.7. The zero-order chi connectivity index (χ0) is 17.2. The highest BCUT2D eigenvalue weighted by molar-refractivity contribution is 5.93. The van der Waals surface area contributed by atoms with Crippen molar-refractivity contribution in [2.24, 2.45) is 7.05 Å². The van der Waals surface area contributed by atoms with E-state index < -0.39 is 23.6 Å². The Hall–Kier alpha value is -2.85. The maximum atomic E-state index is 12.6. The quantitative estimate of drug-likeness (QED) is 0.804. The van der Waals surface area contributed by atoms with Crippen LogP contribution in [0, 0.1) is 0 Å². The number of alkyl halides is 3. The summed E-state index contributed by atoms with van der Waals surface area (Å²) in [4.78, 5) is 36.5. The maximum absolute atomic E-state index is 12.6. The van der Waals surface area contributed by atoms with E-state index in [1.165, 1.54) is 12.3 Å². The van der Waals surface area contributed by atoms with E-state index >= 15 is 0 Å². The van der Waals surface area contributed by atoms with Crippen LogP contribution in [0.25, 0.3) is 0 Å².